The van der Waals surface area contributed by atoms with Crippen molar-refractivity contribution in [1.29, 1.82) is 0 Å². The molecule has 0 fully saturated rings. The highest BCUT2D eigenvalue weighted by Crippen LogP contribution is 2.32. The molecule has 0 atom stereocenters. The summed E-state index contributed by atoms with van der Waals surface area (Å²) in [7, 11) is 0. The Kier molecular flexibility index (Phi) is 4.61. The number of rotatable bonds is 3. The van der Waals surface area contributed by atoms with Crippen LogP contribution in [0.5, 0.6) is 0 Å². The topological polar surface area (TPSA) is 39.2 Å². The molecule has 1 rings (SSSR count). The molecule has 0 radical (unpaired) electrons. The lowest BCUT2D eigenvalue weighted by atomic mass is 10.2. The molecule has 1 heterocycles. The van der Waals surface area contributed by atoms with E-state index in [2.05, 4.69) is 25.7 Å². The number of hydrogen-bond donors (Lipinski definition) is 0. The molecule has 0 bridgehead atoms. The van der Waals surface area contributed by atoms with E-state index < -0.39 is 12.4 Å². The van der Waals surface area contributed by atoms with Gasteiger partial charge in [0.15, 0.2) is 5.69 Å². The van der Waals surface area contributed by atoms with Crippen LogP contribution in [0.1, 0.15) is 29.4 Å². The number of esters is 1. The molecule has 0 amide bonds. The van der Waals surface area contributed by atoms with Crippen molar-refractivity contribution < 1.29 is 18.3 Å². The van der Waals surface area contributed by atoms with Gasteiger partial charge in [0.1, 0.15) is 5.15 Å². The standard InChI is InChI=1S/C9H7BrClF2NO2/c1-2-16-9(15)5-3-4(8(12)13)6(10)7(11)14-5/h3,8H,2H2,1H3. The number of aromatic nitrogens is 1. The Morgan fingerprint density at radius 2 is 2.31 bits per heavy atom. The number of hydrogen-bond acceptors (Lipinski definition) is 3. The lowest BCUT2D eigenvalue weighted by molar-refractivity contribution is 0.0519. The van der Waals surface area contributed by atoms with E-state index >= 15 is 0 Å². The first kappa shape index (κ1) is 13.3. The zero-order valence-corrected chi connectivity index (χ0v) is 10.5. The Morgan fingerprint density at radius 1 is 1.69 bits per heavy atom. The molecule has 0 aliphatic heterocycles. The summed E-state index contributed by atoms with van der Waals surface area (Å²) in [5.74, 6) is -0.779. The molecule has 1 aromatic rings. The predicted molar refractivity (Wildman–Crippen MR) is 57.9 cm³/mol. The average molecular weight is 315 g/mol. The Morgan fingerprint density at radius 3 is 2.81 bits per heavy atom. The molecule has 0 saturated heterocycles. The van der Waals surface area contributed by atoms with Gasteiger partial charge in [-0.05, 0) is 28.9 Å². The molecule has 7 heteroatoms. The van der Waals surface area contributed by atoms with Crippen LogP contribution in [-0.2, 0) is 4.74 Å². The second-order valence-corrected chi connectivity index (χ2v) is 3.87. The molecule has 0 spiro atoms. The summed E-state index contributed by atoms with van der Waals surface area (Å²) in [5.41, 5.74) is -0.617. The molecule has 0 aliphatic rings. The van der Waals surface area contributed by atoms with E-state index in [0.717, 1.165) is 6.07 Å². The van der Waals surface area contributed by atoms with Gasteiger partial charge in [-0.15, -0.1) is 0 Å². The number of nitrogens with zero attached hydrogens (tertiary/aromatic N) is 1. The van der Waals surface area contributed by atoms with Crippen LogP contribution in [0.4, 0.5) is 8.78 Å². The van der Waals surface area contributed by atoms with Gasteiger partial charge >= 0.3 is 5.97 Å². The number of pyridine rings is 1. The number of carbonyl (C=O) groups excluding carboxylic acids is 1. The summed E-state index contributed by atoms with van der Waals surface area (Å²) in [4.78, 5) is 14.9. The minimum Gasteiger partial charge on any atom is -0.461 e. The van der Waals surface area contributed by atoms with Crippen LogP contribution in [0, 0.1) is 0 Å². The summed E-state index contributed by atoms with van der Waals surface area (Å²) in [6, 6.07) is 0.957. The number of carbonyl (C=O) groups is 1. The van der Waals surface area contributed by atoms with Gasteiger partial charge < -0.3 is 4.74 Å². The highest BCUT2D eigenvalue weighted by Gasteiger charge is 2.20. The minimum atomic E-state index is -2.75. The third-order valence-electron chi connectivity index (χ3n) is 1.67. The quantitative estimate of drug-likeness (QED) is 0.632. The SMILES string of the molecule is CCOC(=O)c1cc(C(F)F)c(Br)c(Cl)n1. The smallest absolute Gasteiger partial charge is 0.356 e. The molecular formula is C9H7BrClF2NO2. The summed E-state index contributed by atoms with van der Waals surface area (Å²) < 4.78 is 29.8. The molecule has 0 unspecified atom stereocenters. The van der Waals surface area contributed by atoms with Crippen LogP contribution in [0.25, 0.3) is 0 Å². The van der Waals surface area contributed by atoms with E-state index in [1.807, 2.05) is 0 Å². The number of halogens is 4. The van der Waals surface area contributed by atoms with Crippen molar-refractivity contribution in [2.45, 2.75) is 13.3 Å². The zero-order chi connectivity index (χ0) is 12.3. The van der Waals surface area contributed by atoms with Gasteiger partial charge in [0, 0.05) is 5.56 Å². The molecule has 88 valence electrons. The van der Waals surface area contributed by atoms with Crippen molar-refractivity contribution in [3.8, 4) is 0 Å². The molecule has 3 nitrogen and oxygen atoms in total. The highest BCUT2D eigenvalue weighted by atomic mass is 79.9. The van der Waals surface area contributed by atoms with Gasteiger partial charge in [0.25, 0.3) is 6.43 Å². The van der Waals surface area contributed by atoms with Gasteiger partial charge in [-0.25, -0.2) is 18.6 Å². The Hall–Kier alpha value is -0.750. The Balaban J connectivity index is 3.18. The van der Waals surface area contributed by atoms with Crippen molar-refractivity contribution in [1.82, 2.24) is 4.98 Å². The van der Waals surface area contributed by atoms with Crippen molar-refractivity contribution in [2.75, 3.05) is 6.61 Å². The third kappa shape index (κ3) is 2.89. The van der Waals surface area contributed by atoms with E-state index in [9.17, 15) is 13.6 Å². The number of alkyl halides is 2. The van der Waals surface area contributed by atoms with Gasteiger partial charge in [-0.2, -0.15) is 0 Å². The first-order valence-corrected chi connectivity index (χ1v) is 5.45. The first-order valence-electron chi connectivity index (χ1n) is 4.28. The van der Waals surface area contributed by atoms with E-state index in [0.29, 0.717) is 0 Å². The maximum absolute atomic E-state index is 12.6. The van der Waals surface area contributed by atoms with E-state index in [4.69, 9.17) is 11.6 Å². The van der Waals surface area contributed by atoms with Crippen molar-refractivity contribution in [3.63, 3.8) is 0 Å². The fourth-order valence-corrected chi connectivity index (χ4v) is 1.56. The van der Waals surface area contributed by atoms with Crippen LogP contribution in [0.3, 0.4) is 0 Å². The maximum atomic E-state index is 12.6. The lowest BCUT2D eigenvalue weighted by Gasteiger charge is -2.07. The first-order chi connectivity index (χ1) is 7.47. The predicted octanol–water partition coefficient (Wildman–Crippen LogP) is 3.61. The molecule has 0 aromatic carbocycles. The van der Waals surface area contributed by atoms with E-state index in [-0.39, 0.29) is 27.5 Å². The lowest BCUT2D eigenvalue weighted by Crippen LogP contribution is -2.08. The van der Waals surface area contributed by atoms with Crippen molar-refractivity contribution in [2.24, 2.45) is 0 Å². The highest BCUT2D eigenvalue weighted by molar-refractivity contribution is 9.10. The van der Waals surface area contributed by atoms with Crippen LogP contribution in [0.15, 0.2) is 10.5 Å². The molecule has 0 saturated carbocycles. The minimum absolute atomic E-state index is 0.0165. The van der Waals surface area contributed by atoms with Gasteiger partial charge in [-0.1, -0.05) is 11.6 Å². The summed E-state index contributed by atoms with van der Waals surface area (Å²) >= 11 is 8.48. The normalized spacial score (nSPS) is 10.6. The second-order valence-electron chi connectivity index (χ2n) is 2.72. The van der Waals surface area contributed by atoms with Crippen molar-refractivity contribution in [3.05, 3.63) is 26.9 Å². The molecule has 1 aromatic heterocycles. The average Bonchev–Trinajstić information content (AvgIpc) is 2.21. The van der Waals surface area contributed by atoms with Crippen LogP contribution in [0.2, 0.25) is 5.15 Å². The van der Waals surface area contributed by atoms with Gasteiger partial charge in [0.2, 0.25) is 0 Å². The maximum Gasteiger partial charge on any atom is 0.356 e. The molecule has 16 heavy (non-hydrogen) atoms. The Labute approximate surface area is 104 Å². The summed E-state index contributed by atoms with van der Waals surface area (Å²) in [5, 5.41) is -0.194. The molecular weight excluding hydrogens is 307 g/mol. The van der Waals surface area contributed by atoms with Gasteiger partial charge in [-0.3, -0.25) is 0 Å². The molecule has 0 N–H and O–H groups in total. The summed E-state index contributed by atoms with van der Waals surface area (Å²) in [6.07, 6.45) is -2.75. The molecule has 0 aliphatic carbocycles. The van der Waals surface area contributed by atoms with E-state index in [1.54, 1.807) is 6.92 Å². The zero-order valence-electron chi connectivity index (χ0n) is 8.14. The van der Waals surface area contributed by atoms with Crippen LogP contribution < -0.4 is 0 Å². The largest absolute Gasteiger partial charge is 0.461 e. The number of ether oxygens (including phenoxy) is 1. The van der Waals surface area contributed by atoms with Crippen LogP contribution in [-0.4, -0.2) is 17.6 Å². The summed E-state index contributed by atoms with van der Waals surface area (Å²) in [6.45, 7) is 1.74. The van der Waals surface area contributed by atoms with Crippen molar-refractivity contribution >= 4 is 33.5 Å². The fraction of sp³-hybridized carbons (Fsp3) is 0.333. The third-order valence-corrected chi connectivity index (χ3v) is 3.00. The Bertz CT molecular complexity index is 415. The second kappa shape index (κ2) is 5.54. The van der Waals surface area contributed by atoms with Gasteiger partial charge in [0.05, 0.1) is 11.1 Å². The van der Waals surface area contributed by atoms with Crippen LogP contribution >= 0.6 is 27.5 Å². The monoisotopic (exact) mass is 313 g/mol. The fourth-order valence-electron chi connectivity index (χ4n) is 0.985. The van der Waals surface area contributed by atoms with E-state index in [1.165, 1.54) is 0 Å².